The van der Waals surface area contributed by atoms with E-state index in [2.05, 4.69) is 11.7 Å². The summed E-state index contributed by atoms with van der Waals surface area (Å²) in [5.74, 6) is -3.90. The van der Waals surface area contributed by atoms with Gasteiger partial charge in [-0.15, -0.1) is 0 Å². The molecule has 2 fully saturated rings. The maximum atomic E-state index is 14.9. The second-order valence-corrected chi connectivity index (χ2v) is 9.21. The zero-order chi connectivity index (χ0) is 21.0. The summed E-state index contributed by atoms with van der Waals surface area (Å²) in [6.45, 7) is 2.24. The van der Waals surface area contributed by atoms with Crippen LogP contribution < -0.4 is 4.74 Å². The fourth-order valence-electron chi connectivity index (χ4n) is 5.70. The van der Waals surface area contributed by atoms with Crippen molar-refractivity contribution < 1.29 is 27.0 Å². The van der Waals surface area contributed by atoms with Crippen LogP contribution in [0, 0.1) is 35.3 Å². The molecule has 0 N–H and O–H groups in total. The molecule has 0 spiro atoms. The molecule has 0 bridgehead atoms. The van der Waals surface area contributed by atoms with Crippen molar-refractivity contribution in [3.63, 3.8) is 0 Å². The van der Waals surface area contributed by atoms with Crippen molar-refractivity contribution >= 4 is 0 Å². The molecular weight excluding hydrogens is 399 g/mol. The Hall–Kier alpha value is -1.33. The van der Waals surface area contributed by atoms with Gasteiger partial charge in [-0.05, 0) is 74.0 Å². The number of halogens is 5. The molecule has 6 heteroatoms. The molecule has 0 saturated heterocycles. The van der Waals surface area contributed by atoms with E-state index in [1.807, 2.05) is 0 Å². The Balaban J connectivity index is 0.00000320. The van der Waals surface area contributed by atoms with Gasteiger partial charge in [-0.1, -0.05) is 32.6 Å². The molecule has 1 aromatic carbocycles. The molecule has 1 aromatic rings. The van der Waals surface area contributed by atoms with Crippen molar-refractivity contribution in [2.75, 3.05) is 7.11 Å². The van der Waals surface area contributed by atoms with Crippen LogP contribution in [0.15, 0.2) is 12.1 Å². The van der Waals surface area contributed by atoms with Gasteiger partial charge in [0.2, 0.25) is 0 Å². The van der Waals surface area contributed by atoms with E-state index < -0.39 is 35.6 Å². The molecule has 0 radical (unpaired) electrons. The highest BCUT2D eigenvalue weighted by Crippen LogP contribution is 2.46. The number of hydrogen-bond acceptors (Lipinski definition) is 1. The van der Waals surface area contributed by atoms with Gasteiger partial charge in [0, 0.05) is 12.3 Å². The van der Waals surface area contributed by atoms with Gasteiger partial charge in [-0.25, -0.2) is 17.6 Å². The second kappa shape index (κ2) is 10.8. The van der Waals surface area contributed by atoms with Crippen molar-refractivity contribution in [1.29, 1.82) is 0 Å². The fraction of sp³-hybridized carbons (Fsp3) is 0.750. The number of hydrogen-bond donors (Lipinski definition) is 0. The lowest BCUT2D eigenvalue weighted by Gasteiger charge is -2.39. The van der Waals surface area contributed by atoms with Crippen LogP contribution in [0.3, 0.4) is 0 Å². The lowest BCUT2D eigenvalue weighted by atomic mass is 9.67. The van der Waals surface area contributed by atoms with Crippen molar-refractivity contribution in [3.05, 3.63) is 29.3 Å². The molecule has 0 heterocycles. The van der Waals surface area contributed by atoms with Gasteiger partial charge in [0.1, 0.15) is 0 Å². The summed E-state index contributed by atoms with van der Waals surface area (Å²) >= 11 is 0. The Morgan fingerprint density at radius 1 is 0.900 bits per heavy atom. The van der Waals surface area contributed by atoms with Gasteiger partial charge in [0.15, 0.2) is 17.4 Å². The molecule has 2 saturated carbocycles. The summed E-state index contributed by atoms with van der Waals surface area (Å²) in [6.07, 6.45) is 9.76. The predicted molar refractivity (Wildman–Crippen MR) is 110 cm³/mol. The average molecular weight is 435 g/mol. The topological polar surface area (TPSA) is 9.23 Å². The highest BCUT2D eigenvalue weighted by atomic mass is 19.3. The van der Waals surface area contributed by atoms with Crippen LogP contribution in [0.25, 0.3) is 0 Å². The van der Waals surface area contributed by atoms with Crippen LogP contribution in [0.4, 0.5) is 22.3 Å². The van der Waals surface area contributed by atoms with Crippen LogP contribution in [0.2, 0.25) is 0 Å². The second-order valence-electron chi connectivity index (χ2n) is 9.21. The normalized spacial score (nSPS) is 27.4. The molecule has 2 aliphatic rings. The van der Waals surface area contributed by atoms with Crippen molar-refractivity contribution in [2.45, 2.75) is 83.5 Å². The van der Waals surface area contributed by atoms with Gasteiger partial charge < -0.3 is 4.74 Å². The molecule has 0 aromatic heterocycles. The summed E-state index contributed by atoms with van der Waals surface area (Å²) in [6, 6.07) is 1.94. The van der Waals surface area contributed by atoms with Gasteiger partial charge in [0.05, 0.1) is 7.11 Å². The first-order chi connectivity index (χ1) is 13.8. The Morgan fingerprint density at radius 3 is 1.87 bits per heavy atom. The van der Waals surface area contributed by atoms with Crippen LogP contribution >= 0.6 is 0 Å². The Labute approximate surface area is 176 Å². The van der Waals surface area contributed by atoms with Crippen LogP contribution in [-0.2, 0) is 6.42 Å². The van der Waals surface area contributed by atoms with E-state index in [0.717, 1.165) is 38.0 Å². The number of ether oxygens (including phenoxy) is 1. The smallest absolute Gasteiger partial charge is 0.254 e. The summed E-state index contributed by atoms with van der Waals surface area (Å²) in [5, 5.41) is 0. The largest absolute Gasteiger partial charge is 0.491 e. The number of alkyl halides is 2. The third kappa shape index (κ3) is 5.88. The van der Waals surface area contributed by atoms with Gasteiger partial charge in [-0.3, -0.25) is 4.70 Å². The minimum Gasteiger partial charge on any atom is -0.491 e. The molecule has 0 atom stereocenters. The molecule has 0 unspecified atom stereocenters. The maximum Gasteiger partial charge on any atom is 0.254 e. The molecule has 1 nitrogen and oxygen atoms in total. The predicted octanol–water partition coefficient (Wildman–Crippen LogP) is 7.72. The van der Waals surface area contributed by atoms with E-state index in [-0.39, 0.29) is 10.3 Å². The van der Waals surface area contributed by atoms with E-state index >= 15 is 0 Å². The molecular formula is C24H35F5O. The van der Waals surface area contributed by atoms with E-state index in [4.69, 9.17) is 0 Å². The van der Waals surface area contributed by atoms with E-state index in [1.165, 1.54) is 38.5 Å². The molecule has 2 aliphatic carbocycles. The van der Waals surface area contributed by atoms with E-state index in [1.54, 1.807) is 0 Å². The van der Waals surface area contributed by atoms with Gasteiger partial charge >= 0.3 is 0 Å². The summed E-state index contributed by atoms with van der Waals surface area (Å²) in [5.41, 5.74) is -0.0119. The quantitative estimate of drug-likeness (QED) is 0.399. The third-order valence-corrected chi connectivity index (χ3v) is 7.33. The van der Waals surface area contributed by atoms with Gasteiger partial charge in [0.25, 0.3) is 5.92 Å². The Bertz CT molecular complexity index is 639. The van der Waals surface area contributed by atoms with E-state index in [9.17, 15) is 17.6 Å². The number of rotatable bonds is 7. The number of methoxy groups -OCH3 is 1. The van der Waals surface area contributed by atoms with Crippen LogP contribution in [-0.4, -0.2) is 13.0 Å². The standard InChI is InChI=1S/C24H34F4O.FH/c1-3-4-16-5-7-18(8-6-16)19-9-11-20(12-10-19)24(27,28)15-17-13-21(25)23(29-2)22(26)14-17;/h13-14,16,18-20H,3-12,15H2,1-2H3;1H. The number of benzene rings is 1. The maximum absolute atomic E-state index is 14.9. The minimum absolute atomic E-state index is 0. The zero-order valence-corrected chi connectivity index (χ0v) is 18.1. The zero-order valence-electron chi connectivity index (χ0n) is 18.1. The van der Waals surface area contributed by atoms with E-state index in [0.29, 0.717) is 24.7 Å². The minimum atomic E-state index is -2.95. The lowest BCUT2D eigenvalue weighted by molar-refractivity contribution is -0.0777. The molecule has 30 heavy (non-hydrogen) atoms. The highest BCUT2D eigenvalue weighted by molar-refractivity contribution is 5.32. The van der Waals surface area contributed by atoms with Crippen molar-refractivity contribution in [3.8, 4) is 5.75 Å². The summed E-state index contributed by atoms with van der Waals surface area (Å²) in [4.78, 5) is 0. The first kappa shape index (κ1) is 24.9. The van der Waals surface area contributed by atoms with Crippen LogP contribution in [0.1, 0.15) is 76.7 Å². The lowest BCUT2D eigenvalue weighted by Crippen LogP contribution is -2.35. The van der Waals surface area contributed by atoms with Crippen molar-refractivity contribution in [2.24, 2.45) is 23.7 Å². The summed E-state index contributed by atoms with van der Waals surface area (Å²) in [7, 11) is 1.16. The van der Waals surface area contributed by atoms with Gasteiger partial charge in [-0.2, -0.15) is 0 Å². The van der Waals surface area contributed by atoms with Crippen LogP contribution in [0.5, 0.6) is 5.75 Å². The first-order valence-electron chi connectivity index (χ1n) is 11.2. The summed E-state index contributed by atoms with van der Waals surface area (Å²) < 4.78 is 62.1. The molecule has 0 aliphatic heterocycles. The molecule has 172 valence electrons. The average Bonchev–Trinajstić information content (AvgIpc) is 2.68. The molecule has 3 rings (SSSR count). The SMILES string of the molecule is CCCC1CCC(C2CCC(C(F)(F)Cc3cc(F)c(OC)c(F)c3)CC2)CC1.F. The molecule has 0 amide bonds. The first-order valence-corrected chi connectivity index (χ1v) is 11.2. The highest BCUT2D eigenvalue weighted by Gasteiger charge is 2.43. The monoisotopic (exact) mass is 434 g/mol. The Kier molecular flexibility index (Phi) is 8.98. The fourth-order valence-corrected chi connectivity index (χ4v) is 5.70. The third-order valence-electron chi connectivity index (χ3n) is 7.33. The Morgan fingerprint density at radius 2 is 1.40 bits per heavy atom. The van der Waals surface area contributed by atoms with Crippen molar-refractivity contribution in [1.82, 2.24) is 0 Å².